The highest BCUT2D eigenvalue weighted by Crippen LogP contribution is 2.32. The molecule has 1 saturated heterocycles. The SMILES string of the molecule is CN(CCNC1CCCCC1)C[C@H]1O[C@@H](n2cnc3c(N)ncnc32)[C@H](O)[C@@H]1O. The molecule has 2 aliphatic rings. The van der Waals surface area contributed by atoms with Crippen LogP contribution < -0.4 is 11.1 Å². The number of fused-ring (bicyclic) bond motifs is 1. The summed E-state index contributed by atoms with van der Waals surface area (Å²) in [4.78, 5) is 14.4. The summed E-state index contributed by atoms with van der Waals surface area (Å²) < 4.78 is 7.61. The van der Waals surface area contributed by atoms with E-state index < -0.39 is 24.5 Å². The van der Waals surface area contributed by atoms with Gasteiger partial charge in [0.2, 0.25) is 0 Å². The van der Waals surface area contributed by atoms with E-state index in [1.165, 1.54) is 44.8 Å². The molecule has 2 aromatic rings. The van der Waals surface area contributed by atoms with Gasteiger partial charge in [-0.05, 0) is 19.9 Å². The summed E-state index contributed by atoms with van der Waals surface area (Å²) in [5, 5.41) is 24.7. The van der Waals surface area contributed by atoms with Crippen molar-refractivity contribution in [3.63, 3.8) is 0 Å². The van der Waals surface area contributed by atoms with Crippen LogP contribution in [0.25, 0.3) is 11.2 Å². The van der Waals surface area contributed by atoms with Crippen molar-refractivity contribution in [3.8, 4) is 0 Å². The van der Waals surface area contributed by atoms with E-state index >= 15 is 0 Å². The van der Waals surface area contributed by atoms with Gasteiger partial charge in [-0.2, -0.15) is 0 Å². The van der Waals surface area contributed by atoms with Crippen molar-refractivity contribution < 1.29 is 14.9 Å². The van der Waals surface area contributed by atoms with Gasteiger partial charge in [-0.3, -0.25) is 4.57 Å². The summed E-state index contributed by atoms with van der Waals surface area (Å²) in [5.41, 5.74) is 6.75. The Morgan fingerprint density at radius 3 is 2.79 bits per heavy atom. The summed E-state index contributed by atoms with van der Waals surface area (Å²) in [5.74, 6) is 0.267. The lowest BCUT2D eigenvalue weighted by Crippen LogP contribution is -2.42. The fraction of sp³-hybridized carbons (Fsp3) is 0.737. The maximum Gasteiger partial charge on any atom is 0.167 e. The molecule has 1 aliphatic heterocycles. The van der Waals surface area contributed by atoms with Crippen molar-refractivity contribution >= 4 is 17.0 Å². The van der Waals surface area contributed by atoms with Crippen molar-refractivity contribution in [1.82, 2.24) is 29.7 Å². The van der Waals surface area contributed by atoms with Crippen molar-refractivity contribution in [1.29, 1.82) is 0 Å². The summed E-state index contributed by atoms with van der Waals surface area (Å²) in [6.07, 6.45) is 5.99. The number of aliphatic hydroxyl groups is 2. The lowest BCUT2D eigenvalue weighted by Gasteiger charge is -2.26. The third kappa shape index (κ3) is 4.36. The van der Waals surface area contributed by atoms with Crippen molar-refractivity contribution in [3.05, 3.63) is 12.7 Å². The van der Waals surface area contributed by atoms with Crippen molar-refractivity contribution in [2.75, 3.05) is 32.4 Å². The number of nitrogens with zero attached hydrogens (tertiary/aromatic N) is 5. The van der Waals surface area contributed by atoms with Gasteiger partial charge in [-0.15, -0.1) is 0 Å². The van der Waals surface area contributed by atoms with Crippen LogP contribution in [0.1, 0.15) is 38.3 Å². The van der Waals surface area contributed by atoms with Gasteiger partial charge in [0.25, 0.3) is 0 Å². The molecule has 5 N–H and O–H groups in total. The largest absolute Gasteiger partial charge is 0.387 e. The molecular formula is C19H31N7O3. The normalized spacial score (nSPS) is 28.6. The molecule has 0 spiro atoms. The molecule has 2 fully saturated rings. The van der Waals surface area contributed by atoms with Gasteiger partial charge in [0.05, 0.1) is 6.33 Å². The van der Waals surface area contributed by atoms with Crippen LogP contribution in [0.3, 0.4) is 0 Å². The smallest absolute Gasteiger partial charge is 0.167 e. The summed E-state index contributed by atoms with van der Waals surface area (Å²) in [7, 11) is 2.00. The van der Waals surface area contributed by atoms with Crippen LogP contribution in [0.5, 0.6) is 0 Å². The molecule has 0 bridgehead atoms. The molecule has 3 heterocycles. The number of aliphatic hydroxyl groups excluding tert-OH is 2. The molecule has 0 aromatic carbocycles. The van der Waals surface area contributed by atoms with Crippen LogP contribution in [-0.4, -0.2) is 85.7 Å². The Balaban J connectivity index is 1.33. The van der Waals surface area contributed by atoms with E-state index in [9.17, 15) is 10.2 Å². The number of likely N-dealkylation sites (N-methyl/N-ethyl adjacent to an activating group) is 1. The lowest BCUT2D eigenvalue weighted by atomic mass is 9.95. The minimum Gasteiger partial charge on any atom is -0.387 e. The number of anilines is 1. The number of nitrogens with two attached hydrogens (primary N) is 1. The first-order valence-corrected chi connectivity index (χ1v) is 10.4. The van der Waals surface area contributed by atoms with Crippen LogP contribution in [0.15, 0.2) is 12.7 Å². The maximum atomic E-state index is 10.6. The molecule has 0 unspecified atom stereocenters. The molecule has 29 heavy (non-hydrogen) atoms. The van der Waals surface area contributed by atoms with E-state index in [0.29, 0.717) is 23.8 Å². The van der Waals surface area contributed by atoms with E-state index in [2.05, 4.69) is 25.2 Å². The van der Waals surface area contributed by atoms with Gasteiger partial charge in [0.1, 0.15) is 30.2 Å². The van der Waals surface area contributed by atoms with Gasteiger partial charge in [0, 0.05) is 25.7 Å². The van der Waals surface area contributed by atoms with Crippen molar-refractivity contribution in [2.24, 2.45) is 0 Å². The minimum absolute atomic E-state index is 0.267. The second-order valence-corrected chi connectivity index (χ2v) is 8.18. The van der Waals surface area contributed by atoms with Crippen LogP contribution in [0.4, 0.5) is 5.82 Å². The van der Waals surface area contributed by atoms with Crippen molar-refractivity contribution in [2.45, 2.75) is 62.7 Å². The van der Waals surface area contributed by atoms with E-state index in [1.807, 2.05) is 7.05 Å². The average molecular weight is 406 g/mol. The molecule has 0 amide bonds. The van der Waals surface area contributed by atoms with Crippen LogP contribution in [0.2, 0.25) is 0 Å². The molecule has 4 rings (SSSR count). The molecule has 4 atom stereocenters. The fourth-order valence-electron chi connectivity index (χ4n) is 4.33. The Bertz CT molecular complexity index is 810. The lowest BCUT2D eigenvalue weighted by molar-refractivity contribution is -0.0421. The first kappa shape index (κ1) is 20.4. The molecule has 1 saturated carbocycles. The number of hydrogen-bond donors (Lipinski definition) is 4. The Kier molecular flexibility index (Phi) is 6.26. The predicted molar refractivity (Wildman–Crippen MR) is 108 cm³/mol. The van der Waals surface area contributed by atoms with E-state index in [1.54, 1.807) is 4.57 Å². The second-order valence-electron chi connectivity index (χ2n) is 8.18. The number of ether oxygens (including phenoxy) is 1. The summed E-state index contributed by atoms with van der Waals surface area (Å²) in [6.45, 7) is 2.27. The zero-order valence-corrected chi connectivity index (χ0v) is 16.8. The Hall–Kier alpha value is -1.85. The summed E-state index contributed by atoms with van der Waals surface area (Å²) in [6, 6.07) is 0.626. The Labute approximate surface area is 170 Å². The topological polar surface area (TPSA) is 135 Å². The minimum atomic E-state index is -1.08. The Morgan fingerprint density at radius 1 is 1.21 bits per heavy atom. The third-order valence-electron chi connectivity index (χ3n) is 6.02. The van der Waals surface area contributed by atoms with Gasteiger partial charge < -0.3 is 30.9 Å². The molecular weight excluding hydrogens is 374 g/mol. The maximum absolute atomic E-state index is 10.6. The number of imidazole rings is 1. The molecule has 1 aliphatic carbocycles. The number of nitrogens with one attached hydrogen (secondary N) is 1. The zero-order valence-electron chi connectivity index (χ0n) is 16.8. The monoisotopic (exact) mass is 405 g/mol. The molecule has 10 heteroatoms. The number of aromatic nitrogens is 4. The highest BCUT2D eigenvalue weighted by molar-refractivity contribution is 5.81. The quantitative estimate of drug-likeness (QED) is 0.497. The van der Waals surface area contributed by atoms with Crippen LogP contribution in [-0.2, 0) is 4.74 Å². The Morgan fingerprint density at radius 2 is 2.00 bits per heavy atom. The number of rotatable bonds is 7. The van der Waals surface area contributed by atoms with Gasteiger partial charge in [-0.25, -0.2) is 15.0 Å². The fourth-order valence-corrected chi connectivity index (χ4v) is 4.33. The number of nitrogen functional groups attached to an aromatic ring is 1. The molecule has 0 radical (unpaired) electrons. The first-order chi connectivity index (χ1) is 14.0. The van der Waals surface area contributed by atoms with Crippen LogP contribution >= 0.6 is 0 Å². The molecule has 10 nitrogen and oxygen atoms in total. The summed E-state index contributed by atoms with van der Waals surface area (Å²) >= 11 is 0. The number of hydrogen-bond acceptors (Lipinski definition) is 9. The predicted octanol–water partition coefficient (Wildman–Crippen LogP) is -0.118. The zero-order chi connectivity index (χ0) is 20.4. The average Bonchev–Trinajstić information content (AvgIpc) is 3.26. The van der Waals surface area contributed by atoms with E-state index in [4.69, 9.17) is 10.5 Å². The van der Waals surface area contributed by atoms with E-state index in [-0.39, 0.29) is 5.82 Å². The standard InChI is InChI=1S/C19H31N7O3/c1-25(8-7-21-12-5-3-2-4-6-12)9-13-15(27)16(28)19(29-13)26-11-24-14-17(20)22-10-23-18(14)26/h10-13,15-16,19,21,27-28H,2-9H2,1H3,(H2,20,22,23)/t13-,15-,16-,19-/m1/s1. The second kappa shape index (κ2) is 8.88. The third-order valence-corrected chi connectivity index (χ3v) is 6.02. The van der Waals surface area contributed by atoms with Gasteiger partial charge in [0.15, 0.2) is 17.7 Å². The van der Waals surface area contributed by atoms with E-state index in [0.717, 1.165) is 13.1 Å². The van der Waals surface area contributed by atoms with Gasteiger partial charge in [-0.1, -0.05) is 19.3 Å². The highest BCUT2D eigenvalue weighted by Gasteiger charge is 2.44. The highest BCUT2D eigenvalue weighted by atomic mass is 16.6. The molecule has 160 valence electrons. The molecule has 2 aromatic heterocycles. The first-order valence-electron chi connectivity index (χ1n) is 10.4. The van der Waals surface area contributed by atoms with Gasteiger partial charge >= 0.3 is 0 Å². The van der Waals surface area contributed by atoms with Crippen LogP contribution in [0, 0.1) is 0 Å².